The number of nitrogens with zero attached hydrogens (tertiary/aromatic N) is 3. The lowest BCUT2D eigenvalue weighted by molar-refractivity contribution is -0.115. The van der Waals surface area contributed by atoms with Crippen molar-refractivity contribution >= 4 is 40.5 Å². The predicted octanol–water partition coefficient (Wildman–Crippen LogP) is 0.417. The molecule has 2 heterocycles. The molecule has 0 bridgehead atoms. The summed E-state index contributed by atoms with van der Waals surface area (Å²) in [6.45, 7) is 7.07. The van der Waals surface area contributed by atoms with Crippen molar-refractivity contribution in [3.8, 4) is 6.07 Å². The van der Waals surface area contributed by atoms with E-state index in [4.69, 9.17) is 0 Å². The summed E-state index contributed by atoms with van der Waals surface area (Å²) in [5.74, 6) is 0.248. The second kappa shape index (κ2) is 9.54. The molecule has 0 aliphatic carbocycles. The normalized spacial score (nSPS) is 12.3. The number of hydrogen-bond acceptors (Lipinski definition) is 7. The highest BCUT2D eigenvalue weighted by Gasteiger charge is 2.14. The van der Waals surface area contributed by atoms with Crippen molar-refractivity contribution in [1.29, 1.82) is 5.26 Å². The Balaban J connectivity index is 2.51. The fraction of sp³-hybridized carbons (Fsp3) is 0.333. The zero-order valence-electron chi connectivity index (χ0n) is 15.5. The summed E-state index contributed by atoms with van der Waals surface area (Å²) >= 11 is 1.11. The van der Waals surface area contributed by atoms with Gasteiger partial charge in [-0.1, -0.05) is 0 Å². The van der Waals surface area contributed by atoms with Gasteiger partial charge >= 0.3 is 0 Å². The number of nitriles is 1. The van der Waals surface area contributed by atoms with E-state index in [0.29, 0.717) is 22.3 Å². The van der Waals surface area contributed by atoms with Gasteiger partial charge in [-0.25, -0.2) is 4.98 Å². The molecule has 1 amide bonds. The van der Waals surface area contributed by atoms with Gasteiger partial charge in [0.05, 0.1) is 0 Å². The Kier molecular flexibility index (Phi) is 7.14. The zero-order valence-corrected chi connectivity index (χ0v) is 16.3. The molecule has 0 fully saturated rings. The summed E-state index contributed by atoms with van der Waals surface area (Å²) in [5.41, 5.74) is 0.466. The third-order valence-electron chi connectivity index (χ3n) is 3.60. The van der Waals surface area contributed by atoms with Crippen molar-refractivity contribution in [1.82, 2.24) is 14.9 Å². The van der Waals surface area contributed by atoms with Crippen LogP contribution in [-0.4, -0.2) is 28.5 Å². The molecule has 0 atom stereocenters. The van der Waals surface area contributed by atoms with Gasteiger partial charge in [-0.05, 0) is 26.8 Å². The molecule has 27 heavy (non-hydrogen) atoms. The van der Waals surface area contributed by atoms with Gasteiger partial charge in [-0.3, -0.25) is 14.2 Å². The van der Waals surface area contributed by atoms with Gasteiger partial charge < -0.3 is 16.0 Å². The number of aromatic nitrogens is 2. The van der Waals surface area contributed by atoms with E-state index in [2.05, 4.69) is 20.9 Å². The minimum absolute atomic E-state index is 0.0567. The van der Waals surface area contributed by atoms with E-state index in [1.54, 1.807) is 32.3 Å². The number of carbonyl (C=O) groups excluding carboxylic acids is 1. The van der Waals surface area contributed by atoms with Gasteiger partial charge in [-0.2, -0.15) is 5.26 Å². The molecule has 9 heteroatoms. The SMILES string of the molecule is CCNC(=O)C(C#N)=c1sc(=CNc2ccnc(NCC)c2)c(=O)n1CC. The van der Waals surface area contributed by atoms with E-state index in [0.717, 1.165) is 29.4 Å². The highest BCUT2D eigenvalue weighted by Crippen LogP contribution is 2.11. The van der Waals surface area contributed by atoms with E-state index in [1.807, 2.05) is 19.1 Å². The fourth-order valence-electron chi connectivity index (χ4n) is 2.38. The molecule has 0 aliphatic heterocycles. The van der Waals surface area contributed by atoms with Crippen molar-refractivity contribution in [3.63, 3.8) is 0 Å². The molecule has 142 valence electrons. The van der Waals surface area contributed by atoms with Crippen molar-refractivity contribution in [2.45, 2.75) is 27.3 Å². The van der Waals surface area contributed by atoms with Gasteiger partial charge in [0.25, 0.3) is 11.5 Å². The molecule has 0 saturated heterocycles. The van der Waals surface area contributed by atoms with Crippen LogP contribution in [0.2, 0.25) is 0 Å². The maximum Gasteiger partial charge on any atom is 0.270 e. The van der Waals surface area contributed by atoms with Crippen LogP contribution in [0, 0.1) is 11.3 Å². The van der Waals surface area contributed by atoms with Crippen molar-refractivity contribution in [2.75, 3.05) is 23.7 Å². The largest absolute Gasteiger partial charge is 0.370 e. The van der Waals surface area contributed by atoms with Crippen molar-refractivity contribution in [3.05, 3.63) is 37.9 Å². The van der Waals surface area contributed by atoms with E-state index in [9.17, 15) is 14.9 Å². The number of nitrogens with one attached hydrogen (secondary N) is 3. The number of carbonyl (C=O) groups is 1. The van der Waals surface area contributed by atoms with Gasteiger partial charge in [0.1, 0.15) is 21.1 Å². The molecular formula is C18H22N6O2S. The Labute approximate surface area is 160 Å². The first-order chi connectivity index (χ1) is 13.0. The van der Waals surface area contributed by atoms with Crippen LogP contribution in [-0.2, 0) is 11.3 Å². The average molecular weight is 386 g/mol. The molecule has 0 unspecified atom stereocenters. The lowest BCUT2D eigenvalue weighted by Crippen LogP contribution is -2.34. The summed E-state index contributed by atoms with van der Waals surface area (Å²) < 4.78 is 2.19. The van der Waals surface area contributed by atoms with E-state index in [-0.39, 0.29) is 11.1 Å². The van der Waals surface area contributed by atoms with E-state index in [1.165, 1.54) is 4.57 Å². The van der Waals surface area contributed by atoms with Crippen LogP contribution in [0.3, 0.4) is 0 Å². The lowest BCUT2D eigenvalue weighted by atomic mass is 10.3. The summed E-state index contributed by atoms with van der Waals surface area (Å²) in [4.78, 5) is 29.0. The summed E-state index contributed by atoms with van der Waals surface area (Å²) in [7, 11) is 0. The molecule has 0 saturated carbocycles. The number of amides is 1. The van der Waals surface area contributed by atoms with E-state index < -0.39 is 5.91 Å². The van der Waals surface area contributed by atoms with Gasteiger partial charge in [0.2, 0.25) is 0 Å². The third kappa shape index (κ3) is 4.74. The second-order valence-electron chi connectivity index (χ2n) is 5.42. The summed E-state index contributed by atoms with van der Waals surface area (Å²) in [6.07, 6.45) is 3.25. The van der Waals surface area contributed by atoms with E-state index >= 15 is 0 Å². The van der Waals surface area contributed by atoms with Gasteiger partial charge in [-0.15, -0.1) is 11.3 Å². The Morgan fingerprint density at radius 2 is 2.15 bits per heavy atom. The molecule has 2 aromatic rings. The van der Waals surface area contributed by atoms with Crippen molar-refractivity contribution < 1.29 is 4.79 Å². The third-order valence-corrected chi connectivity index (χ3v) is 4.73. The van der Waals surface area contributed by atoms with Crippen LogP contribution in [0.25, 0.3) is 11.8 Å². The minimum Gasteiger partial charge on any atom is -0.370 e. The Morgan fingerprint density at radius 1 is 1.37 bits per heavy atom. The van der Waals surface area contributed by atoms with Crippen LogP contribution >= 0.6 is 11.3 Å². The summed E-state index contributed by atoms with van der Waals surface area (Å²) in [6, 6.07) is 5.53. The first-order valence-corrected chi connectivity index (χ1v) is 9.46. The first-order valence-electron chi connectivity index (χ1n) is 8.64. The average Bonchev–Trinajstić information content (AvgIpc) is 2.97. The molecule has 2 rings (SSSR count). The smallest absolute Gasteiger partial charge is 0.270 e. The fourth-order valence-corrected chi connectivity index (χ4v) is 3.47. The number of rotatable bonds is 7. The van der Waals surface area contributed by atoms with Crippen molar-refractivity contribution in [2.24, 2.45) is 0 Å². The second-order valence-corrected chi connectivity index (χ2v) is 6.45. The highest BCUT2D eigenvalue weighted by molar-refractivity contribution is 7.07. The first kappa shape index (κ1) is 20.2. The molecular weight excluding hydrogens is 364 g/mol. The summed E-state index contributed by atoms with van der Waals surface area (Å²) in [5, 5.41) is 18.2. The maximum absolute atomic E-state index is 12.6. The molecule has 0 aromatic carbocycles. The van der Waals surface area contributed by atoms with Crippen LogP contribution in [0.4, 0.5) is 11.5 Å². The standard InChI is InChI=1S/C18H22N6O2S/c1-4-20-15-9-12(7-8-22-15)23-11-14-17(26)24(6-3)18(27-14)13(10-19)16(25)21-5-2/h7-9,11H,4-6H2,1-3H3,(H,21,25)(H2,20,22,23). The number of anilines is 2. The van der Waals surface area contributed by atoms with Crippen LogP contribution < -0.4 is 30.7 Å². The van der Waals surface area contributed by atoms with Crippen LogP contribution in [0.1, 0.15) is 20.8 Å². The molecule has 2 aromatic heterocycles. The molecule has 0 aliphatic rings. The molecule has 0 spiro atoms. The predicted molar refractivity (Wildman–Crippen MR) is 108 cm³/mol. The van der Waals surface area contributed by atoms with Crippen LogP contribution in [0.15, 0.2) is 23.1 Å². The Hall–Kier alpha value is -3.12. The quantitative estimate of drug-likeness (QED) is 0.636. The van der Waals surface area contributed by atoms with Gasteiger partial charge in [0, 0.05) is 43.8 Å². The zero-order chi connectivity index (χ0) is 19.8. The Bertz CT molecular complexity index is 1030. The number of thiazole rings is 1. The monoisotopic (exact) mass is 386 g/mol. The molecule has 0 radical (unpaired) electrons. The Morgan fingerprint density at radius 3 is 2.78 bits per heavy atom. The van der Waals surface area contributed by atoms with Crippen LogP contribution in [0.5, 0.6) is 0 Å². The number of pyridine rings is 1. The molecule has 3 N–H and O–H groups in total. The minimum atomic E-state index is -0.479. The van der Waals surface area contributed by atoms with Gasteiger partial charge in [0.15, 0.2) is 5.57 Å². The topological polar surface area (TPSA) is 112 Å². The molecule has 8 nitrogen and oxygen atoms in total. The maximum atomic E-state index is 12.6. The number of hydrogen-bond donors (Lipinski definition) is 3. The highest BCUT2D eigenvalue weighted by atomic mass is 32.1. The lowest BCUT2D eigenvalue weighted by Gasteiger charge is -2.04.